The first-order valence-corrected chi connectivity index (χ1v) is 6.61. The van der Waals surface area contributed by atoms with Crippen LogP contribution in [0.1, 0.15) is 37.6 Å². The van der Waals surface area contributed by atoms with Gasteiger partial charge in [-0.3, -0.25) is 0 Å². The molecule has 1 aliphatic rings. The minimum Gasteiger partial charge on any atom is -0.456 e. The van der Waals surface area contributed by atoms with Crippen molar-refractivity contribution < 1.29 is 14.6 Å². The third-order valence-electron chi connectivity index (χ3n) is 3.03. The number of ether oxygens (including phenoxy) is 1. The van der Waals surface area contributed by atoms with Crippen LogP contribution in [0.3, 0.4) is 0 Å². The fraction of sp³-hybridized carbons (Fsp3) is 0.533. The lowest BCUT2D eigenvalue weighted by Crippen LogP contribution is -2.24. The number of carbonyl (C=O) groups excluding carboxylic acids is 1. The van der Waals surface area contributed by atoms with E-state index in [1.807, 2.05) is 32.9 Å². The van der Waals surface area contributed by atoms with Crippen LogP contribution in [-0.2, 0) is 4.74 Å². The van der Waals surface area contributed by atoms with Gasteiger partial charge in [-0.1, -0.05) is 0 Å². The third-order valence-corrected chi connectivity index (χ3v) is 3.03. The zero-order chi connectivity index (χ0) is 14.0. The van der Waals surface area contributed by atoms with E-state index >= 15 is 0 Å². The molecule has 1 atom stereocenters. The molecule has 1 aromatic rings. The van der Waals surface area contributed by atoms with E-state index in [1.165, 1.54) is 0 Å². The zero-order valence-corrected chi connectivity index (χ0v) is 11.7. The van der Waals surface area contributed by atoms with Crippen LogP contribution < -0.4 is 4.90 Å². The van der Waals surface area contributed by atoms with Crippen molar-refractivity contribution >= 4 is 11.7 Å². The number of β-amino-alcohol motifs (C(OH)–C–C–N with tert-alkyl or cyclic N) is 1. The first-order chi connectivity index (χ1) is 8.85. The number of hydrogen-bond acceptors (Lipinski definition) is 4. The maximum atomic E-state index is 11.9. The number of hydrogen-bond donors (Lipinski definition) is 1. The quantitative estimate of drug-likeness (QED) is 0.831. The maximum Gasteiger partial charge on any atom is 0.338 e. The number of nitrogens with zero attached hydrogens (tertiary/aromatic N) is 1. The Morgan fingerprint density at radius 1 is 1.32 bits per heavy atom. The Morgan fingerprint density at radius 2 is 1.95 bits per heavy atom. The molecule has 1 fully saturated rings. The van der Waals surface area contributed by atoms with E-state index in [0.29, 0.717) is 12.1 Å². The van der Waals surface area contributed by atoms with Gasteiger partial charge in [0.1, 0.15) is 5.60 Å². The van der Waals surface area contributed by atoms with E-state index in [4.69, 9.17) is 4.74 Å². The summed E-state index contributed by atoms with van der Waals surface area (Å²) in [6.45, 7) is 7.07. The lowest BCUT2D eigenvalue weighted by molar-refractivity contribution is 0.00695. The van der Waals surface area contributed by atoms with Crippen molar-refractivity contribution in [1.29, 1.82) is 0 Å². The summed E-state index contributed by atoms with van der Waals surface area (Å²) in [6.07, 6.45) is 0.555. The highest BCUT2D eigenvalue weighted by Gasteiger charge is 2.21. The van der Waals surface area contributed by atoms with E-state index in [2.05, 4.69) is 4.90 Å². The monoisotopic (exact) mass is 263 g/mol. The number of rotatable bonds is 2. The first kappa shape index (κ1) is 13.9. The molecule has 4 nitrogen and oxygen atoms in total. The Balaban J connectivity index is 2.04. The van der Waals surface area contributed by atoms with Crippen LogP contribution in [0.2, 0.25) is 0 Å². The molecular formula is C15H21NO3. The second-order valence-corrected chi connectivity index (χ2v) is 5.94. The predicted molar refractivity (Wildman–Crippen MR) is 74.4 cm³/mol. The van der Waals surface area contributed by atoms with Gasteiger partial charge in [-0.2, -0.15) is 0 Å². The number of anilines is 1. The topological polar surface area (TPSA) is 49.8 Å². The van der Waals surface area contributed by atoms with Crippen LogP contribution in [-0.4, -0.2) is 35.9 Å². The molecule has 0 bridgehead atoms. The van der Waals surface area contributed by atoms with Crippen LogP contribution >= 0.6 is 0 Å². The van der Waals surface area contributed by atoms with Crippen molar-refractivity contribution in [3.05, 3.63) is 29.8 Å². The Hall–Kier alpha value is -1.55. The second-order valence-electron chi connectivity index (χ2n) is 5.94. The minimum atomic E-state index is -0.477. The Kier molecular flexibility index (Phi) is 3.80. The van der Waals surface area contributed by atoms with Crippen LogP contribution in [0.15, 0.2) is 24.3 Å². The van der Waals surface area contributed by atoms with Crippen molar-refractivity contribution in [2.75, 3.05) is 18.0 Å². The predicted octanol–water partition coefficient (Wildman–Crippen LogP) is 2.21. The largest absolute Gasteiger partial charge is 0.456 e. The molecule has 1 unspecified atom stereocenters. The summed E-state index contributed by atoms with van der Waals surface area (Å²) < 4.78 is 5.31. The molecule has 0 aliphatic carbocycles. The molecule has 19 heavy (non-hydrogen) atoms. The summed E-state index contributed by atoms with van der Waals surface area (Å²) in [5.41, 5.74) is 1.11. The van der Waals surface area contributed by atoms with Gasteiger partial charge in [0.15, 0.2) is 0 Å². The molecule has 1 aromatic carbocycles. The summed E-state index contributed by atoms with van der Waals surface area (Å²) in [5, 5.41) is 9.52. The molecule has 1 heterocycles. The lowest BCUT2D eigenvalue weighted by atomic mass is 10.1. The molecular weight excluding hydrogens is 242 g/mol. The third kappa shape index (κ3) is 3.70. The number of aliphatic hydroxyl groups excluding tert-OH is 1. The summed E-state index contributed by atoms with van der Waals surface area (Å²) in [7, 11) is 0. The molecule has 2 rings (SSSR count). The van der Waals surface area contributed by atoms with Gasteiger partial charge >= 0.3 is 5.97 Å². The van der Waals surface area contributed by atoms with Gasteiger partial charge in [0, 0.05) is 18.8 Å². The summed E-state index contributed by atoms with van der Waals surface area (Å²) >= 11 is 0. The lowest BCUT2D eigenvalue weighted by Gasteiger charge is -2.20. The minimum absolute atomic E-state index is 0.245. The van der Waals surface area contributed by atoms with Gasteiger partial charge in [0.05, 0.1) is 11.7 Å². The van der Waals surface area contributed by atoms with E-state index < -0.39 is 5.60 Å². The van der Waals surface area contributed by atoms with Crippen LogP contribution in [0.4, 0.5) is 5.69 Å². The van der Waals surface area contributed by atoms with Crippen molar-refractivity contribution in [2.45, 2.75) is 38.9 Å². The van der Waals surface area contributed by atoms with Gasteiger partial charge < -0.3 is 14.7 Å². The summed E-state index contributed by atoms with van der Waals surface area (Å²) in [4.78, 5) is 14.0. The fourth-order valence-electron chi connectivity index (χ4n) is 2.12. The average molecular weight is 263 g/mol. The number of esters is 1. The van der Waals surface area contributed by atoms with Gasteiger partial charge in [0.2, 0.25) is 0 Å². The normalized spacial score (nSPS) is 19.6. The highest BCUT2D eigenvalue weighted by Crippen LogP contribution is 2.21. The molecule has 104 valence electrons. The molecule has 0 spiro atoms. The van der Waals surface area contributed by atoms with Crippen molar-refractivity contribution in [3.63, 3.8) is 0 Å². The highest BCUT2D eigenvalue weighted by atomic mass is 16.6. The summed E-state index contributed by atoms with van der Waals surface area (Å²) in [6, 6.07) is 7.34. The molecule has 4 heteroatoms. The van der Waals surface area contributed by atoms with Crippen LogP contribution in [0, 0.1) is 0 Å². The van der Waals surface area contributed by atoms with E-state index in [1.54, 1.807) is 12.1 Å². The highest BCUT2D eigenvalue weighted by molar-refractivity contribution is 5.90. The van der Waals surface area contributed by atoms with Gasteiger partial charge in [-0.25, -0.2) is 4.79 Å². The molecule has 1 saturated heterocycles. The fourth-order valence-corrected chi connectivity index (χ4v) is 2.12. The summed E-state index contributed by atoms with van der Waals surface area (Å²) in [5.74, 6) is -0.305. The molecule has 0 amide bonds. The van der Waals surface area contributed by atoms with E-state index in [0.717, 1.165) is 18.7 Å². The van der Waals surface area contributed by atoms with Crippen molar-refractivity contribution in [3.8, 4) is 0 Å². The number of carbonyl (C=O) groups is 1. The Morgan fingerprint density at radius 3 is 2.42 bits per heavy atom. The maximum absolute atomic E-state index is 11.9. The number of benzene rings is 1. The average Bonchev–Trinajstić information content (AvgIpc) is 2.74. The van der Waals surface area contributed by atoms with Crippen molar-refractivity contribution in [2.24, 2.45) is 0 Å². The molecule has 0 aromatic heterocycles. The van der Waals surface area contributed by atoms with E-state index in [9.17, 15) is 9.90 Å². The van der Waals surface area contributed by atoms with E-state index in [-0.39, 0.29) is 12.1 Å². The van der Waals surface area contributed by atoms with Gasteiger partial charge in [0.25, 0.3) is 0 Å². The standard InChI is InChI=1S/C15H21NO3/c1-15(2,3)19-14(18)11-4-6-12(7-5-11)16-9-8-13(17)10-16/h4-7,13,17H,8-10H2,1-3H3. The molecule has 0 saturated carbocycles. The SMILES string of the molecule is CC(C)(C)OC(=O)c1ccc(N2CCC(O)C2)cc1. The number of aliphatic hydroxyl groups is 1. The van der Waals surface area contributed by atoms with Crippen LogP contribution in [0.25, 0.3) is 0 Å². The van der Waals surface area contributed by atoms with Crippen molar-refractivity contribution in [1.82, 2.24) is 0 Å². The smallest absolute Gasteiger partial charge is 0.338 e. The molecule has 1 N–H and O–H groups in total. The Bertz CT molecular complexity index is 447. The second kappa shape index (κ2) is 5.21. The molecule has 0 radical (unpaired) electrons. The zero-order valence-electron chi connectivity index (χ0n) is 11.7. The Labute approximate surface area is 114 Å². The van der Waals surface area contributed by atoms with Crippen LogP contribution in [0.5, 0.6) is 0 Å². The van der Waals surface area contributed by atoms with Gasteiger partial charge in [-0.05, 0) is 51.5 Å². The first-order valence-electron chi connectivity index (χ1n) is 6.61. The van der Waals surface area contributed by atoms with Gasteiger partial charge in [-0.15, -0.1) is 0 Å². The molecule has 1 aliphatic heterocycles.